The smallest absolute Gasteiger partial charge is 0.0955 e. The van der Waals surface area contributed by atoms with E-state index >= 15 is 0 Å². The molecule has 2 rings (SSSR count). The van der Waals surface area contributed by atoms with Gasteiger partial charge in [0.05, 0.1) is 24.0 Å². The SMILES string of the molecule is Cn1cnc2cc(CCNCCO)ccc21. The maximum absolute atomic E-state index is 8.63. The third kappa shape index (κ3) is 2.40. The molecule has 1 aromatic carbocycles. The molecule has 2 N–H and O–H groups in total. The molecule has 4 heteroatoms. The normalized spacial score (nSPS) is 11.1. The van der Waals surface area contributed by atoms with Gasteiger partial charge < -0.3 is 15.0 Å². The Hall–Kier alpha value is -1.39. The van der Waals surface area contributed by atoms with Gasteiger partial charge in [0.15, 0.2) is 0 Å². The van der Waals surface area contributed by atoms with Gasteiger partial charge in [0.1, 0.15) is 0 Å². The number of imidazole rings is 1. The van der Waals surface area contributed by atoms with Crippen molar-refractivity contribution in [3.8, 4) is 0 Å². The molecule has 0 saturated heterocycles. The summed E-state index contributed by atoms with van der Waals surface area (Å²) in [7, 11) is 2.00. The lowest BCUT2D eigenvalue weighted by Crippen LogP contribution is -2.20. The summed E-state index contributed by atoms with van der Waals surface area (Å²) in [6.45, 7) is 1.74. The minimum absolute atomic E-state index is 0.194. The fourth-order valence-corrected chi connectivity index (χ4v) is 1.77. The van der Waals surface area contributed by atoms with Crippen molar-refractivity contribution < 1.29 is 5.11 Å². The predicted molar refractivity (Wildman–Crippen MR) is 64.4 cm³/mol. The van der Waals surface area contributed by atoms with Gasteiger partial charge in [0.25, 0.3) is 0 Å². The Bertz CT molecular complexity index is 464. The van der Waals surface area contributed by atoms with E-state index in [4.69, 9.17) is 5.11 Å². The number of fused-ring (bicyclic) bond motifs is 1. The maximum atomic E-state index is 8.63. The van der Waals surface area contributed by atoms with Crippen molar-refractivity contribution in [1.29, 1.82) is 0 Å². The molecular formula is C12H17N3O. The van der Waals surface area contributed by atoms with Crippen molar-refractivity contribution in [2.75, 3.05) is 19.7 Å². The largest absolute Gasteiger partial charge is 0.395 e. The Kier molecular flexibility index (Phi) is 3.54. The summed E-state index contributed by atoms with van der Waals surface area (Å²) in [6.07, 6.45) is 2.80. The number of aromatic nitrogens is 2. The molecule has 0 spiro atoms. The van der Waals surface area contributed by atoms with Crippen LogP contribution in [0, 0.1) is 0 Å². The highest BCUT2D eigenvalue weighted by atomic mass is 16.3. The molecule has 0 radical (unpaired) electrons. The molecule has 1 heterocycles. The van der Waals surface area contributed by atoms with Crippen LogP contribution < -0.4 is 5.32 Å². The highest BCUT2D eigenvalue weighted by molar-refractivity contribution is 5.75. The lowest BCUT2D eigenvalue weighted by atomic mass is 10.1. The Labute approximate surface area is 94.9 Å². The fourth-order valence-electron chi connectivity index (χ4n) is 1.77. The van der Waals surface area contributed by atoms with Crippen molar-refractivity contribution in [3.63, 3.8) is 0 Å². The van der Waals surface area contributed by atoms with Crippen LogP contribution in [0.5, 0.6) is 0 Å². The molecule has 0 aliphatic carbocycles. The summed E-state index contributed by atoms with van der Waals surface area (Å²) >= 11 is 0. The van der Waals surface area contributed by atoms with Crippen LogP contribution in [0.25, 0.3) is 11.0 Å². The average Bonchev–Trinajstić information content (AvgIpc) is 2.66. The second-order valence-corrected chi connectivity index (χ2v) is 3.90. The van der Waals surface area contributed by atoms with Gasteiger partial charge in [-0.05, 0) is 30.7 Å². The molecule has 86 valence electrons. The van der Waals surface area contributed by atoms with Crippen LogP contribution in [0.4, 0.5) is 0 Å². The van der Waals surface area contributed by atoms with Crippen molar-refractivity contribution in [2.45, 2.75) is 6.42 Å². The first-order chi connectivity index (χ1) is 7.81. The van der Waals surface area contributed by atoms with Crippen LogP contribution in [-0.4, -0.2) is 34.4 Å². The molecule has 0 bridgehead atoms. The summed E-state index contributed by atoms with van der Waals surface area (Å²) in [5.74, 6) is 0. The van der Waals surface area contributed by atoms with Crippen molar-refractivity contribution in [1.82, 2.24) is 14.9 Å². The topological polar surface area (TPSA) is 50.1 Å². The molecule has 2 aromatic rings. The van der Waals surface area contributed by atoms with Gasteiger partial charge in [-0.2, -0.15) is 0 Å². The van der Waals surface area contributed by atoms with Gasteiger partial charge in [-0.1, -0.05) is 6.07 Å². The lowest BCUT2D eigenvalue weighted by molar-refractivity contribution is 0.293. The number of hydrogen-bond acceptors (Lipinski definition) is 3. The third-order valence-corrected chi connectivity index (χ3v) is 2.67. The van der Waals surface area contributed by atoms with E-state index in [2.05, 4.69) is 28.5 Å². The number of benzene rings is 1. The van der Waals surface area contributed by atoms with E-state index in [0.29, 0.717) is 6.54 Å². The van der Waals surface area contributed by atoms with Crippen LogP contribution in [0.1, 0.15) is 5.56 Å². The number of nitrogens with one attached hydrogen (secondary N) is 1. The van der Waals surface area contributed by atoms with E-state index in [-0.39, 0.29) is 6.61 Å². The summed E-state index contributed by atoms with van der Waals surface area (Å²) in [6, 6.07) is 6.35. The number of aliphatic hydroxyl groups excluding tert-OH is 1. The number of hydrogen-bond donors (Lipinski definition) is 2. The molecule has 0 fully saturated rings. The second kappa shape index (κ2) is 5.09. The van der Waals surface area contributed by atoms with Crippen molar-refractivity contribution >= 4 is 11.0 Å². The average molecular weight is 219 g/mol. The summed E-state index contributed by atoms with van der Waals surface area (Å²) in [4.78, 5) is 4.33. The van der Waals surface area contributed by atoms with Gasteiger partial charge in [0, 0.05) is 13.6 Å². The number of nitrogens with zero attached hydrogens (tertiary/aromatic N) is 2. The summed E-state index contributed by atoms with van der Waals surface area (Å²) in [5, 5.41) is 11.8. The molecule has 4 nitrogen and oxygen atoms in total. The zero-order valence-corrected chi connectivity index (χ0v) is 9.48. The lowest BCUT2D eigenvalue weighted by Gasteiger charge is -2.03. The van der Waals surface area contributed by atoms with Crippen molar-refractivity contribution in [3.05, 3.63) is 30.1 Å². The first-order valence-corrected chi connectivity index (χ1v) is 5.53. The van der Waals surface area contributed by atoms with Gasteiger partial charge in [-0.3, -0.25) is 0 Å². The van der Waals surface area contributed by atoms with Crippen LogP contribution in [0.2, 0.25) is 0 Å². The fraction of sp³-hybridized carbons (Fsp3) is 0.417. The van der Waals surface area contributed by atoms with Crippen LogP contribution in [0.3, 0.4) is 0 Å². The van der Waals surface area contributed by atoms with Gasteiger partial charge >= 0.3 is 0 Å². The molecule has 1 aromatic heterocycles. The number of rotatable bonds is 5. The van der Waals surface area contributed by atoms with E-state index in [9.17, 15) is 0 Å². The molecule has 0 aliphatic rings. The molecule has 0 unspecified atom stereocenters. The quantitative estimate of drug-likeness (QED) is 0.728. The van der Waals surface area contributed by atoms with Crippen molar-refractivity contribution in [2.24, 2.45) is 7.05 Å². The van der Waals surface area contributed by atoms with E-state index in [1.807, 2.05) is 17.9 Å². The first kappa shape index (κ1) is 11.1. The molecule has 0 saturated carbocycles. The molecular weight excluding hydrogens is 202 g/mol. The Morgan fingerprint density at radius 3 is 3.06 bits per heavy atom. The molecule has 0 amide bonds. The molecule has 0 aliphatic heterocycles. The Morgan fingerprint density at radius 1 is 1.38 bits per heavy atom. The minimum Gasteiger partial charge on any atom is -0.395 e. The zero-order chi connectivity index (χ0) is 11.4. The Morgan fingerprint density at radius 2 is 2.25 bits per heavy atom. The van der Waals surface area contributed by atoms with Crippen LogP contribution in [0.15, 0.2) is 24.5 Å². The van der Waals surface area contributed by atoms with Gasteiger partial charge in [-0.15, -0.1) is 0 Å². The highest BCUT2D eigenvalue weighted by Crippen LogP contribution is 2.13. The van der Waals surface area contributed by atoms with Gasteiger partial charge in [0.2, 0.25) is 0 Å². The maximum Gasteiger partial charge on any atom is 0.0955 e. The number of aliphatic hydroxyl groups is 1. The predicted octanol–water partition coefficient (Wildman–Crippen LogP) is 0.698. The first-order valence-electron chi connectivity index (χ1n) is 5.53. The van der Waals surface area contributed by atoms with Crippen LogP contribution in [-0.2, 0) is 13.5 Å². The van der Waals surface area contributed by atoms with Crippen LogP contribution >= 0.6 is 0 Å². The van der Waals surface area contributed by atoms with E-state index in [1.54, 1.807) is 0 Å². The van der Waals surface area contributed by atoms with E-state index < -0.39 is 0 Å². The monoisotopic (exact) mass is 219 g/mol. The summed E-state index contributed by atoms with van der Waals surface area (Å²) in [5.41, 5.74) is 3.48. The summed E-state index contributed by atoms with van der Waals surface area (Å²) < 4.78 is 2.02. The standard InChI is InChI=1S/C12H17N3O/c1-15-9-14-11-8-10(2-3-12(11)15)4-5-13-6-7-16/h2-3,8-9,13,16H,4-7H2,1H3. The second-order valence-electron chi connectivity index (χ2n) is 3.90. The minimum atomic E-state index is 0.194. The number of aryl methyl sites for hydroxylation is 1. The molecule has 16 heavy (non-hydrogen) atoms. The molecule has 0 atom stereocenters. The van der Waals surface area contributed by atoms with E-state index in [1.165, 1.54) is 5.56 Å². The zero-order valence-electron chi connectivity index (χ0n) is 9.48. The third-order valence-electron chi connectivity index (χ3n) is 2.67. The highest BCUT2D eigenvalue weighted by Gasteiger charge is 2.00. The van der Waals surface area contributed by atoms with Gasteiger partial charge in [-0.25, -0.2) is 4.98 Å². The van der Waals surface area contributed by atoms with E-state index in [0.717, 1.165) is 24.0 Å². The Balaban J connectivity index is 2.02.